The molecule has 0 saturated heterocycles. The maximum Gasteiger partial charge on any atom is 0.0489 e. The zero-order valence-corrected chi connectivity index (χ0v) is 12.5. The Morgan fingerprint density at radius 1 is 1.00 bits per heavy atom. The molecule has 0 aliphatic carbocycles. The minimum absolute atomic E-state index is 1.03. The zero-order valence-electron chi connectivity index (χ0n) is 12.5. The first-order valence-electron chi connectivity index (χ1n) is 7.86. The zero-order chi connectivity index (χ0) is 14.3. The summed E-state index contributed by atoms with van der Waals surface area (Å²) in [6.07, 6.45) is 9.90. The molecule has 3 heteroatoms. The van der Waals surface area contributed by atoms with Gasteiger partial charge < -0.3 is 0 Å². The highest BCUT2D eigenvalue weighted by atomic mass is 15.3. The average Bonchev–Trinajstić information content (AvgIpc) is 3.06. The van der Waals surface area contributed by atoms with Crippen LogP contribution in [0, 0.1) is 0 Å². The highest BCUT2D eigenvalue weighted by molar-refractivity contribution is 5.66. The molecule has 0 bridgehead atoms. The number of benzene rings is 1. The van der Waals surface area contributed by atoms with Crippen molar-refractivity contribution in [3.63, 3.8) is 0 Å². The summed E-state index contributed by atoms with van der Waals surface area (Å²) in [5, 5.41) is 4.24. The van der Waals surface area contributed by atoms with Gasteiger partial charge in [0, 0.05) is 32.0 Å². The molecular weight excluding hydrogens is 258 g/mol. The lowest BCUT2D eigenvalue weighted by molar-refractivity contribution is 0.291. The van der Waals surface area contributed by atoms with E-state index in [0.29, 0.717) is 0 Å². The lowest BCUT2D eigenvalue weighted by Gasteiger charge is -2.26. The summed E-state index contributed by atoms with van der Waals surface area (Å²) in [6, 6.07) is 12.7. The SMILES string of the molecule is C1=C(c2ccccc2)CCN(CCCCn2cccn2)C1. The minimum Gasteiger partial charge on any atom is -0.299 e. The number of hydrogen-bond acceptors (Lipinski definition) is 2. The van der Waals surface area contributed by atoms with Crippen molar-refractivity contribution < 1.29 is 0 Å². The monoisotopic (exact) mass is 281 g/mol. The Hall–Kier alpha value is -1.87. The van der Waals surface area contributed by atoms with Crippen LogP contribution in [0.25, 0.3) is 5.57 Å². The summed E-state index contributed by atoms with van der Waals surface area (Å²) in [4.78, 5) is 2.55. The second-order valence-electron chi connectivity index (χ2n) is 5.62. The first-order valence-corrected chi connectivity index (χ1v) is 7.86. The quantitative estimate of drug-likeness (QED) is 0.756. The fourth-order valence-corrected chi connectivity index (χ4v) is 2.87. The molecule has 1 aliphatic heterocycles. The molecule has 0 radical (unpaired) electrons. The molecule has 0 atom stereocenters. The van der Waals surface area contributed by atoms with Crippen molar-refractivity contribution in [3.05, 3.63) is 60.4 Å². The Labute approximate surface area is 126 Å². The van der Waals surface area contributed by atoms with Gasteiger partial charge in [0.2, 0.25) is 0 Å². The molecule has 0 spiro atoms. The van der Waals surface area contributed by atoms with Crippen LogP contribution in [0.2, 0.25) is 0 Å². The second-order valence-corrected chi connectivity index (χ2v) is 5.62. The Balaban J connectivity index is 1.40. The van der Waals surface area contributed by atoms with Crippen molar-refractivity contribution >= 4 is 5.57 Å². The summed E-state index contributed by atoms with van der Waals surface area (Å²) in [5.41, 5.74) is 2.89. The average molecular weight is 281 g/mol. The molecule has 21 heavy (non-hydrogen) atoms. The summed E-state index contributed by atoms with van der Waals surface area (Å²) in [7, 11) is 0. The molecule has 1 aromatic heterocycles. The Morgan fingerprint density at radius 3 is 2.57 bits per heavy atom. The molecule has 3 rings (SSSR count). The van der Waals surface area contributed by atoms with E-state index in [2.05, 4.69) is 46.4 Å². The summed E-state index contributed by atoms with van der Waals surface area (Å²) < 4.78 is 2.02. The van der Waals surface area contributed by atoms with Crippen molar-refractivity contribution in [1.29, 1.82) is 0 Å². The lowest BCUT2D eigenvalue weighted by atomic mass is 9.99. The normalized spacial score (nSPS) is 15.9. The van der Waals surface area contributed by atoms with E-state index >= 15 is 0 Å². The Kier molecular flexibility index (Phi) is 4.85. The van der Waals surface area contributed by atoms with Crippen LogP contribution in [0.3, 0.4) is 0 Å². The number of aromatic nitrogens is 2. The predicted octanol–water partition coefficient (Wildman–Crippen LogP) is 3.45. The van der Waals surface area contributed by atoms with Gasteiger partial charge >= 0.3 is 0 Å². The van der Waals surface area contributed by atoms with Crippen molar-refractivity contribution in [3.8, 4) is 0 Å². The first kappa shape index (κ1) is 14.1. The number of nitrogens with zero attached hydrogens (tertiary/aromatic N) is 3. The second kappa shape index (κ2) is 7.23. The van der Waals surface area contributed by atoms with E-state index in [9.17, 15) is 0 Å². The lowest BCUT2D eigenvalue weighted by Crippen LogP contribution is -2.29. The van der Waals surface area contributed by atoms with E-state index in [4.69, 9.17) is 0 Å². The van der Waals surface area contributed by atoms with Crippen LogP contribution in [0.1, 0.15) is 24.8 Å². The Bertz CT molecular complexity index is 557. The van der Waals surface area contributed by atoms with Crippen LogP contribution in [0.5, 0.6) is 0 Å². The van der Waals surface area contributed by atoms with Crippen molar-refractivity contribution in [2.45, 2.75) is 25.8 Å². The number of rotatable bonds is 6. The molecule has 110 valence electrons. The predicted molar refractivity (Wildman–Crippen MR) is 86.9 cm³/mol. The molecule has 0 fully saturated rings. The molecule has 3 nitrogen and oxygen atoms in total. The maximum atomic E-state index is 4.24. The molecule has 0 unspecified atom stereocenters. The summed E-state index contributed by atoms with van der Waals surface area (Å²) in [6.45, 7) is 4.50. The molecule has 0 N–H and O–H groups in total. The smallest absolute Gasteiger partial charge is 0.0489 e. The third kappa shape index (κ3) is 4.05. The molecule has 2 aromatic rings. The van der Waals surface area contributed by atoms with E-state index in [1.54, 1.807) is 0 Å². The van der Waals surface area contributed by atoms with Crippen LogP contribution < -0.4 is 0 Å². The highest BCUT2D eigenvalue weighted by Gasteiger charge is 2.12. The fraction of sp³-hybridized carbons (Fsp3) is 0.389. The topological polar surface area (TPSA) is 21.1 Å². The largest absolute Gasteiger partial charge is 0.299 e. The molecule has 0 saturated carbocycles. The molecular formula is C18H23N3. The van der Waals surface area contributed by atoms with E-state index in [0.717, 1.165) is 13.1 Å². The van der Waals surface area contributed by atoms with Gasteiger partial charge in [-0.3, -0.25) is 9.58 Å². The van der Waals surface area contributed by atoms with Crippen LogP contribution in [-0.4, -0.2) is 34.3 Å². The van der Waals surface area contributed by atoms with Crippen molar-refractivity contribution in [2.75, 3.05) is 19.6 Å². The van der Waals surface area contributed by atoms with E-state index in [-0.39, 0.29) is 0 Å². The Morgan fingerprint density at radius 2 is 1.86 bits per heavy atom. The molecule has 1 aromatic carbocycles. The van der Waals surface area contributed by atoms with Gasteiger partial charge in [0.05, 0.1) is 0 Å². The molecule has 1 aliphatic rings. The van der Waals surface area contributed by atoms with Gasteiger partial charge in [0.15, 0.2) is 0 Å². The summed E-state index contributed by atoms with van der Waals surface area (Å²) in [5.74, 6) is 0. The van der Waals surface area contributed by atoms with Gasteiger partial charge in [-0.05, 0) is 43.0 Å². The van der Waals surface area contributed by atoms with Gasteiger partial charge in [-0.1, -0.05) is 36.4 Å². The van der Waals surface area contributed by atoms with Gasteiger partial charge in [-0.15, -0.1) is 0 Å². The standard InChI is InChI=1S/C18H23N3/c1-2-7-17(8-3-1)18-9-15-20(16-10-18)12-4-5-13-21-14-6-11-19-21/h1-3,6-9,11,14H,4-5,10,12-13,15-16H2. The van der Waals surface area contributed by atoms with E-state index in [1.165, 1.54) is 43.5 Å². The fourth-order valence-electron chi connectivity index (χ4n) is 2.87. The summed E-state index contributed by atoms with van der Waals surface area (Å²) >= 11 is 0. The van der Waals surface area contributed by atoms with Crippen LogP contribution in [0.15, 0.2) is 54.9 Å². The minimum atomic E-state index is 1.03. The van der Waals surface area contributed by atoms with Gasteiger partial charge in [0.25, 0.3) is 0 Å². The maximum absolute atomic E-state index is 4.24. The third-order valence-corrected chi connectivity index (χ3v) is 4.11. The van der Waals surface area contributed by atoms with Gasteiger partial charge in [-0.25, -0.2) is 0 Å². The molecule has 2 heterocycles. The number of unbranched alkanes of at least 4 members (excludes halogenated alkanes) is 1. The first-order chi connectivity index (χ1) is 10.4. The van der Waals surface area contributed by atoms with E-state index in [1.807, 2.05) is 23.1 Å². The van der Waals surface area contributed by atoms with E-state index < -0.39 is 0 Å². The van der Waals surface area contributed by atoms with Gasteiger partial charge in [0.1, 0.15) is 0 Å². The number of aryl methyl sites for hydroxylation is 1. The highest BCUT2D eigenvalue weighted by Crippen LogP contribution is 2.21. The van der Waals surface area contributed by atoms with Crippen LogP contribution in [-0.2, 0) is 6.54 Å². The van der Waals surface area contributed by atoms with Crippen molar-refractivity contribution in [1.82, 2.24) is 14.7 Å². The van der Waals surface area contributed by atoms with Crippen molar-refractivity contribution in [2.24, 2.45) is 0 Å². The van der Waals surface area contributed by atoms with Gasteiger partial charge in [-0.2, -0.15) is 5.10 Å². The molecule has 0 amide bonds. The van der Waals surface area contributed by atoms with Crippen LogP contribution >= 0.6 is 0 Å². The number of hydrogen-bond donors (Lipinski definition) is 0. The third-order valence-electron chi connectivity index (χ3n) is 4.11. The van der Waals surface area contributed by atoms with Crippen LogP contribution in [0.4, 0.5) is 0 Å².